The van der Waals surface area contributed by atoms with Gasteiger partial charge >= 0.3 is 12.6 Å². The van der Waals surface area contributed by atoms with Gasteiger partial charge in [0, 0.05) is 12.7 Å². The van der Waals surface area contributed by atoms with Crippen LogP contribution in [0.5, 0.6) is 5.75 Å². The highest BCUT2D eigenvalue weighted by atomic mass is 19.3. The minimum Gasteiger partial charge on any atom is -0.478 e. The van der Waals surface area contributed by atoms with Crippen LogP contribution in [0.4, 0.5) is 20.2 Å². The molecule has 0 unspecified atom stereocenters. The van der Waals surface area contributed by atoms with Gasteiger partial charge < -0.3 is 14.7 Å². The van der Waals surface area contributed by atoms with Crippen molar-refractivity contribution < 1.29 is 23.4 Å². The van der Waals surface area contributed by atoms with E-state index in [9.17, 15) is 18.7 Å². The van der Waals surface area contributed by atoms with Crippen molar-refractivity contribution >= 4 is 17.3 Å². The van der Waals surface area contributed by atoms with Gasteiger partial charge in [0.15, 0.2) is 5.75 Å². The molecular weight excluding hydrogens is 424 g/mol. The Kier molecular flexibility index (Phi) is 7.51. The van der Waals surface area contributed by atoms with Crippen molar-refractivity contribution in [3.63, 3.8) is 0 Å². The standard InChI is InChI=1S/C27H33F2NO3/c1-30(24-13-12-20(26(31)32)17-25(24)33-27(28)29)23-15-21(18-8-4-2-5-9-18)14-22(16-23)19-10-6-3-7-11-19/h12-19,27H,2-11H2,1H3,(H,31,32). The van der Waals surface area contributed by atoms with Crippen LogP contribution in [0, 0.1) is 0 Å². The van der Waals surface area contributed by atoms with Crippen molar-refractivity contribution in [1.82, 2.24) is 0 Å². The third-order valence-electron chi connectivity index (χ3n) is 7.29. The van der Waals surface area contributed by atoms with Gasteiger partial charge in [-0.3, -0.25) is 0 Å². The lowest BCUT2D eigenvalue weighted by Gasteiger charge is -2.29. The van der Waals surface area contributed by atoms with Crippen LogP contribution >= 0.6 is 0 Å². The van der Waals surface area contributed by atoms with E-state index >= 15 is 0 Å². The molecule has 0 atom stereocenters. The summed E-state index contributed by atoms with van der Waals surface area (Å²) in [5, 5.41) is 9.29. The number of ether oxygens (including phenoxy) is 1. The second-order valence-corrected chi connectivity index (χ2v) is 9.45. The second kappa shape index (κ2) is 10.5. The van der Waals surface area contributed by atoms with Crippen molar-refractivity contribution in [3.8, 4) is 5.75 Å². The quantitative estimate of drug-likeness (QED) is 0.460. The number of carboxylic acids is 1. The van der Waals surface area contributed by atoms with Crippen molar-refractivity contribution in [2.24, 2.45) is 0 Å². The highest BCUT2D eigenvalue weighted by molar-refractivity contribution is 5.89. The van der Waals surface area contributed by atoms with E-state index in [0.29, 0.717) is 17.5 Å². The summed E-state index contributed by atoms with van der Waals surface area (Å²) in [5.41, 5.74) is 3.94. The van der Waals surface area contributed by atoms with Crippen molar-refractivity contribution in [3.05, 3.63) is 53.1 Å². The molecule has 1 N–H and O–H groups in total. The van der Waals surface area contributed by atoms with Crippen molar-refractivity contribution in [2.45, 2.75) is 82.7 Å². The molecule has 178 valence electrons. The Balaban J connectivity index is 1.74. The molecule has 0 bridgehead atoms. The molecule has 6 heteroatoms. The van der Waals surface area contributed by atoms with Gasteiger partial charge in [-0.05, 0) is 79.0 Å². The molecule has 0 amide bonds. The second-order valence-electron chi connectivity index (χ2n) is 9.45. The van der Waals surface area contributed by atoms with Gasteiger partial charge in [-0.2, -0.15) is 8.78 Å². The van der Waals surface area contributed by atoms with Crippen LogP contribution in [0.1, 0.15) is 97.5 Å². The lowest BCUT2D eigenvalue weighted by Crippen LogP contribution is -2.16. The molecule has 2 aliphatic rings. The normalized spacial score (nSPS) is 17.8. The predicted molar refractivity (Wildman–Crippen MR) is 126 cm³/mol. The number of rotatable bonds is 7. The molecule has 0 heterocycles. The van der Waals surface area contributed by atoms with Gasteiger partial charge in [0.1, 0.15) is 0 Å². The first-order valence-electron chi connectivity index (χ1n) is 12.1. The zero-order valence-corrected chi connectivity index (χ0v) is 19.2. The lowest BCUT2D eigenvalue weighted by atomic mass is 9.79. The van der Waals surface area contributed by atoms with E-state index in [1.807, 2.05) is 11.9 Å². The van der Waals surface area contributed by atoms with Gasteiger partial charge in [0.05, 0.1) is 11.3 Å². The summed E-state index contributed by atoms with van der Waals surface area (Å²) in [5.74, 6) is -0.252. The minimum absolute atomic E-state index is 0.0818. The lowest BCUT2D eigenvalue weighted by molar-refractivity contribution is -0.0495. The monoisotopic (exact) mass is 457 g/mol. The Labute approximate surface area is 194 Å². The summed E-state index contributed by atoms with van der Waals surface area (Å²) >= 11 is 0. The zero-order chi connectivity index (χ0) is 23.4. The molecule has 2 saturated carbocycles. The fourth-order valence-electron chi connectivity index (χ4n) is 5.45. The number of carboxylic acid groups (broad SMARTS) is 1. The van der Waals surface area contributed by atoms with Gasteiger partial charge in [-0.1, -0.05) is 44.6 Å². The van der Waals surface area contributed by atoms with E-state index in [1.54, 1.807) is 6.07 Å². The third-order valence-corrected chi connectivity index (χ3v) is 7.29. The highest BCUT2D eigenvalue weighted by Gasteiger charge is 2.23. The Morgan fingerprint density at radius 3 is 1.94 bits per heavy atom. The van der Waals surface area contributed by atoms with Gasteiger partial charge in [0.25, 0.3) is 0 Å². The molecular formula is C27H33F2NO3. The van der Waals surface area contributed by atoms with E-state index in [2.05, 4.69) is 18.2 Å². The number of benzene rings is 2. The Morgan fingerprint density at radius 1 is 0.909 bits per heavy atom. The van der Waals surface area contributed by atoms with Crippen LogP contribution in [0.2, 0.25) is 0 Å². The number of aromatic carboxylic acids is 1. The molecule has 2 aliphatic carbocycles. The molecule has 0 aliphatic heterocycles. The maximum atomic E-state index is 13.1. The third kappa shape index (κ3) is 5.66. The number of anilines is 2. The molecule has 4 rings (SSSR count). The molecule has 0 spiro atoms. The average Bonchev–Trinajstić information content (AvgIpc) is 2.84. The number of halogens is 2. The fraction of sp³-hybridized carbons (Fsp3) is 0.519. The van der Waals surface area contributed by atoms with E-state index in [1.165, 1.54) is 87.5 Å². The number of nitrogens with zero attached hydrogens (tertiary/aromatic N) is 1. The highest BCUT2D eigenvalue weighted by Crippen LogP contribution is 2.42. The van der Waals surface area contributed by atoms with E-state index in [-0.39, 0.29) is 11.3 Å². The van der Waals surface area contributed by atoms with Gasteiger partial charge in [-0.15, -0.1) is 0 Å². The summed E-state index contributed by atoms with van der Waals surface area (Å²) < 4.78 is 31.0. The Bertz CT molecular complexity index is 930. The largest absolute Gasteiger partial charge is 0.478 e. The van der Waals surface area contributed by atoms with Crippen LogP contribution in [0.25, 0.3) is 0 Å². The van der Waals surface area contributed by atoms with Crippen molar-refractivity contribution in [1.29, 1.82) is 0 Å². The topological polar surface area (TPSA) is 49.8 Å². The molecule has 0 radical (unpaired) electrons. The van der Waals surface area contributed by atoms with Crippen LogP contribution in [0.3, 0.4) is 0 Å². The van der Waals surface area contributed by atoms with E-state index in [4.69, 9.17) is 4.74 Å². The van der Waals surface area contributed by atoms with Crippen LogP contribution < -0.4 is 9.64 Å². The number of hydrogen-bond donors (Lipinski definition) is 1. The van der Waals surface area contributed by atoms with Crippen LogP contribution in [-0.2, 0) is 0 Å². The maximum Gasteiger partial charge on any atom is 0.387 e. The smallest absolute Gasteiger partial charge is 0.387 e. The molecule has 2 aromatic carbocycles. The molecule has 2 fully saturated rings. The zero-order valence-electron chi connectivity index (χ0n) is 19.2. The first-order chi connectivity index (χ1) is 15.9. The maximum absolute atomic E-state index is 13.1. The summed E-state index contributed by atoms with van der Waals surface area (Å²) in [6.45, 7) is -3.03. The SMILES string of the molecule is CN(c1cc(C2CCCCC2)cc(C2CCCCC2)c1)c1ccc(C(=O)O)cc1OC(F)F. The van der Waals surface area contributed by atoms with E-state index in [0.717, 1.165) is 5.69 Å². The van der Waals surface area contributed by atoms with Crippen LogP contribution in [0.15, 0.2) is 36.4 Å². The molecule has 2 aromatic rings. The van der Waals surface area contributed by atoms with Gasteiger partial charge in [-0.25, -0.2) is 4.79 Å². The number of alkyl halides is 2. The Morgan fingerprint density at radius 2 is 1.45 bits per heavy atom. The van der Waals surface area contributed by atoms with Crippen molar-refractivity contribution in [2.75, 3.05) is 11.9 Å². The minimum atomic E-state index is -3.03. The van der Waals surface area contributed by atoms with E-state index < -0.39 is 12.6 Å². The summed E-state index contributed by atoms with van der Waals surface area (Å²) in [4.78, 5) is 13.2. The summed E-state index contributed by atoms with van der Waals surface area (Å²) in [6, 6.07) is 10.9. The molecule has 4 nitrogen and oxygen atoms in total. The Hall–Kier alpha value is -2.63. The molecule has 0 saturated heterocycles. The first-order valence-corrected chi connectivity index (χ1v) is 12.1. The fourth-order valence-corrected chi connectivity index (χ4v) is 5.45. The average molecular weight is 458 g/mol. The summed E-state index contributed by atoms with van der Waals surface area (Å²) in [7, 11) is 1.83. The summed E-state index contributed by atoms with van der Waals surface area (Å²) in [6.07, 6.45) is 12.3. The molecule has 33 heavy (non-hydrogen) atoms. The first kappa shape index (κ1) is 23.5. The number of carbonyl (C=O) groups is 1. The van der Waals surface area contributed by atoms with Crippen LogP contribution in [-0.4, -0.2) is 24.7 Å². The molecule has 0 aromatic heterocycles. The predicted octanol–water partition coefficient (Wildman–Crippen LogP) is 7.85. The number of hydrogen-bond acceptors (Lipinski definition) is 3. The van der Waals surface area contributed by atoms with Gasteiger partial charge in [0.2, 0.25) is 0 Å².